The van der Waals surface area contributed by atoms with Crippen molar-refractivity contribution in [1.82, 2.24) is 5.32 Å². The molecule has 0 spiro atoms. The van der Waals surface area contributed by atoms with Gasteiger partial charge in [0.05, 0.1) is 11.0 Å². The van der Waals surface area contributed by atoms with Crippen molar-refractivity contribution >= 4 is 11.7 Å². The number of hydrogen-bond acceptors (Lipinski definition) is 6. The predicted molar refractivity (Wildman–Crippen MR) is 124 cm³/mol. The summed E-state index contributed by atoms with van der Waals surface area (Å²) in [5.74, 6) is -1.08. The number of nitro groups is 1. The number of nitrogens with zero attached hydrogens (tertiary/aromatic N) is 1. The average Bonchev–Trinajstić information content (AvgIpc) is 2.79. The second kappa shape index (κ2) is 10.7. The van der Waals surface area contributed by atoms with Gasteiger partial charge in [0, 0.05) is 12.6 Å². The summed E-state index contributed by atoms with van der Waals surface area (Å²) >= 11 is 0. The van der Waals surface area contributed by atoms with Crippen LogP contribution in [0.4, 0.5) is 5.69 Å². The Balaban J connectivity index is 1.77. The van der Waals surface area contributed by atoms with Gasteiger partial charge in [-0.25, -0.2) is 0 Å². The minimum atomic E-state index is -1.20. The monoisotopic (exact) mass is 450 g/mol. The van der Waals surface area contributed by atoms with Gasteiger partial charge in [0.2, 0.25) is 0 Å². The molecule has 0 aliphatic heterocycles. The summed E-state index contributed by atoms with van der Waals surface area (Å²) in [6.45, 7) is 3.56. The molecule has 0 fully saturated rings. The second-order valence-corrected chi connectivity index (χ2v) is 7.74. The molecule has 0 aromatic heterocycles. The van der Waals surface area contributed by atoms with Crippen LogP contribution in [0.5, 0.6) is 5.75 Å². The van der Waals surface area contributed by atoms with Crippen LogP contribution in [0.25, 0.3) is 11.1 Å². The molecule has 0 aliphatic carbocycles. The van der Waals surface area contributed by atoms with E-state index in [2.05, 4.69) is 5.32 Å². The first-order chi connectivity index (χ1) is 15.8. The number of nitro benzene ring substituents is 1. The Kier molecular flexibility index (Phi) is 7.76. The third kappa shape index (κ3) is 5.94. The zero-order valence-electron chi connectivity index (χ0n) is 18.4. The molecule has 172 valence electrons. The van der Waals surface area contributed by atoms with Gasteiger partial charge >= 0.3 is 11.7 Å². The zero-order chi connectivity index (χ0) is 24.0. The molecule has 0 radical (unpaired) electrons. The third-order valence-corrected chi connectivity index (χ3v) is 5.41. The summed E-state index contributed by atoms with van der Waals surface area (Å²) in [4.78, 5) is 22.3. The normalized spacial score (nSPS) is 12.7. The van der Waals surface area contributed by atoms with E-state index in [4.69, 9.17) is 9.84 Å². The van der Waals surface area contributed by atoms with Crippen molar-refractivity contribution in [2.45, 2.75) is 39.1 Å². The lowest BCUT2D eigenvalue weighted by atomic mass is 9.97. The molecule has 8 heteroatoms. The molecule has 0 saturated heterocycles. The average molecular weight is 450 g/mol. The number of rotatable bonds is 10. The van der Waals surface area contributed by atoms with Crippen molar-refractivity contribution in [2.75, 3.05) is 0 Å². The van der Waals surface area contributed by atoms with Crippen molar-refractivity contribution < 1.29 is 24.7 Å². The number of benzene rings is 3. The molecule has 3 N–H and O–H groups in total. The quantitative estimate of drug-likeness (QED) is 0.314. The highest BCUT2D eigenvalue weighted by atomic mass is 16.6. The lowest BCUT2D eigenvalue weighted by Gasteiger charge is -2.17. The standard InChI is InChI=1S/C25H26N2O6/c1-16-20(9-6-10-21(16)19-7-4-3-5-8-19)15-33-23-12-11-18(13-22(23)27(31)32)14-26-24(17(2)28)25(29)30/h3-13,17,24,26,28H,14-15H2,1-2H3,(H,29,30)/t17-,24+/m1/s1. The molecule has 3 aromatic rings. The van der Waals surface area contributed by atoms with E-state index in [1.54, 1.807) is 6.07 Å². The highest BCUT2D eigenvalue weighted by Crippen LogP contribution is 2.31. The first kappa shape index (κ1) is 23.9. The number of carbonyl (C=O) groups is 1. The molecule has 0 heterocycles. The molecular weight excluding hydrogens is 424 g/mol. The van der Waals surface area contributed by atoms with Gasteiger partial charge in [-0.05, 0) is 47.7 Å². The topological polar surface area (TPSA) is 122 Å². The van der Waals surface area contributed by atoms with Crippen LogP contribution in [0.3, 0.4) is 0 Å². The first-order valence-corrected chi connectivity index (χ1v) is 10.5. The summed E-state index contributed by atoms with van der Waals surface area (Å²) in [6, 6.07) is 19.1. The van der Waals surface area contributed by atoms with E-state index in [1.165, 1.54) is 19.1 Å². The molecule has 3 aromatic carbocycles. The highest BCUT2D eigenvalue weighted by molar-refractivity contribution is 5.74. The number of aliphatic hydroxyl groups is 1. The Morgan fingerprint density at radius 2 is 1.85 bits per heavy atom. The van der Waals surface area contributed by atoms with E-state index >= 15 is 0 Å². The van der Waals surface area contributed by atoms with Gasteiger partial charge < -0.3 is 14.9 Å². The van der Waals surface area contributed by atoms with Crippen LogP contribution in [-0.4, -0.2) is 33.3 Å². The summed E-state index contributed by atoms with van der Waals surface area (Å²) in [5, 5.41) is 33.0. The minimum Gasteiger partial charge on any atom is -0.482 e. The van der Waals surface area contributed by atoms with Crippen molar-refractivity contribution in [3.63, 3.8) is 0 Å². The van der Waals surface area contributed by atoms with E-state index < -0.39 is 23.0 Å². The summed E-state index contributed by atoms with van der Waals surface area (Å²) in [7, 11) is 0. The van der Waals surface area contributed by atoms with E-state index in [0.717, 1.165) is 22.3 Å². The SMILES string of the molecule is Cc1c(COc2ccc(CN[C@H](C(=O)O)[C@@H](C)O)cc2[N+](=O)[O-])cccc1-c1ccccc1. The minimum absolute atomic E-state index is 0.0429. The maximum absolute atomic E-state index is 11.6. The van der Waals surface area contributed by atoms with Gasteiger partial charge in [0.25, 0.3) is 0 Å². The molecular formula is C25H26N2O6. The molecule has 0 amide bonds. The van der Waals surface area contributed by atoms with E-state index in [9.17, 15) is 20.0 Å². The second-order valence-electron chi connectivity index (χ2n) is 7.74. The number of ether oxygens (including phenoxy) is 1. The summed E-state index contributed by atoms with van der Waals surface area (Å²) < 4.78 is 5.82. The maximum Gasteiger partial charge on any atom is 0.323 e. The Morgan fingerprint density at radius 1 is 1.12 bits per heavy atom. The van der Waals surface area contributed by atoms with E-state index in [1.807, 2.05) is 55.5 Å². The zero-order valence-corrected chi connectivity index (χ0v) is 18.4. The van der Waals surface area contributed by atoms with Gasteiger partial charge in [-0.2, -0.15) is 0 Å². The number of carboxylic acids is 1. The Bertz CT molecular complexity index is 1130. The van der Waals surface area contributed by atoms with E-state index in [-0.39, 0.29) is 24.6 Å². The van der Waals surface area contributed by atoms with Crippen LogP contribution in [0.15, 0.2) is 66.7 Å². The number of aliphatic carboxylic acids is 1. The molecule has 0 saturated carbocycles. The fraction of sp³-hybridized carbons (Fsp3) is 0.240. The Morgan fingerprint density at radius 3 is 2.48 bits per heavy atom. The first-order valence-electron chi connectivity index (χ1n) is 10.5. The largest absolute Gasteiger partial charge is 0.482 e. The Hall–Kier alpha value is -3.75. The summed E-state index contributed by atoms with van der Waals surface area (Å²) in [6.07, 6.45) is -1.12. The Labute approximate surface area is 191 Å². The number of nitrogens with one attached hydrogen (secondary N) is 1. The highest BCUT2D eigenvalue weighted by Gasteiger charge is 2.23. The van der Waals surface area contributed by atoms with Crippen LogP contribution in [-0.2, 0) is 17.9 Å². The van der Waals surface area contributed by atoms with Crippen molar-refractivity contribution in [3.05, 3.63) is 93.5 Å². The fourth-order valence-electron chi connectivity index (χ4n) is 3.56. The third-order valence-electron chi connectivity index (χ3n) is 5.41. The molecule has 8 nitrogen and oxygen atoms in total. The van der Waals surface area contributed by atoms with E-state index in [0.29, 0.717) is 5.56 Å². The fourth-order valence-corrected chi connectivity index (χ4v) is 3.56. The molecule has 0 unspecified atom stereocenters. The molecule has 33 heavy (non-hydrogen) atoms. The van der Waals surface area contributed by atoms with Gasteiger partial charge in [0.1, 0.15) is 12.6 Å². The lowest BCUT2D eigenvalue weighted by Crippen LogP contribution is -2.44. The van der Waals surface area contributed by atoms with Gasteiger partial charge in [-0.3, -0.25) is 20.2 Å². The van der Waals surface area contributed by atoms with Gasteiger partial charge in [-0.1, -0.05) is 54.6 Å². The molecule has 0 bridgehead atoms. The van der Waals surface area contributed by atoms with Crippen LogP contribution in [0, 0.1) is 17.0 Å². The van der Waals surface area contributed by atoms with Crippen molar-refractivity contribution in [1.29, 1.82) is 0 Å². The summed E-state index contributed by atoms with van der Waals surface area (Å²) in [5.41, 5.74) is 4.39. The number of carboxylic acid groups (broad SMARTS) is 1. The number of aliphatic hydroxyl groups excluding tert-OH is 1. The molecule has 2 atom stereocenters. The predicted octanol–water partition coefficient (Wildman–Crippen LogP) is 4.07. The number of hydrogen-bond donors (Lipinski definition) is 3. The molecule has 3 rings (SSSR count). The van der Waals surface area contributed by atoms with Crippen molar-refractivity contribution in [3.8, 4) is 16.9 Å². The smallest absolute Gasteiger partial charge is 0.323 e. The van der Waals surface area contributed by atoms with Gasteiger partial charge in [0.15, 0.2) is 5.75 Å². The maximum atomic E-state index is 11.6. The van der Waals surface area contributed by atoms with Crippen LogP contribution in [0.2, 0.25) is 0 Å². The lowest BCUT2D eigenvalue weighted by molar-refractivity contribution is -0.386. The molecule has 0 aliphatic rings. The van der Waals surface area contributed by atoms with Crippen LogP contribution in [0.1, 0.15) is 23.6 Å². The van der Waals surface area contributed by atoms with Crippen LogP contribution >= 0.6 is 0 Å². The van der Waals surface area contributed by atoms with Gasteiger partial charge in [-0.15, -0.1) is 0 Å². The van der Waals surface area contributed by atoms with Crippen molar-refractivity contribution in [2.24, 2.45) is 0 Å². The van der Waals surface area contributed by atoms with Crippen LogP contribution < -0.4 is 10.1 Å².